The highest BCUT2D eigenvalue weighted by atomic mass is 35.5. The van der Waals surface area contributed by atoms with Crippen LogP contribution < -0.4 is 11.1 Å². The Morgan fingerprint density at radius 1 is 1.28 bits per heavy atom. The number of aromatic amines is 1. The second kappa shape index (κ2) is 9.48. The summed E-state index contributed by atoms with van der Waals surface area (Å²) < 4.78 is 0. The zero-order valence-electron chi connectivity index (χ0n) is 17.7. The Hall–Kier alpha value is -2.61. The van der Waals surface area contributed by atoms with E-state index in [9.17, 15) is 9.59 Å². The molecule has 4 rings (SSSR count). The maximum absolute atomic E-state index is 12.9. The van der Waals surface area contributed by atoms with Crippen LogP contribution in [0.1, 0.15) is 52.3 Å². The van der Waals surface area contributed by atoms with Crippen molar-refractivity contribution in [3.8, 4) is 0 Å². The number of carbonyl (C=O) groups is 2. The number of piperidine rings is 1. The maximum atomic E-state index is 12.9. The van der Waals surface area contributed by atoms with Crippen molar-refractivity contribution in [1.29, 1.82) is 0 Å². The number of carbonyl (C=O) groups excluding carboxylic acids is 2. The summed E-state index contributed by atoms with van der Waals surface area (Å²) in [5, 5.41) is 3.77. The highest BCUT2D eigenvalue weighted by Gasteiger charge is 2.25. The van der Waals surface area contributed by atoms with E-state index in [4.69, 9.17) is 28.9 Å². The Labute approximate surface area is 196 Å². The van der Waals surface area contributed by atoms with Gasteiger partial charge in [-0.1, -0.05) is 23.2 Å². The SMILES string of the molecule is CC(NC(=O)c1ccc(C(=O)N2CCCC(CN)C2)c(Cl)c1)c1nc2ccc(Cl)cc2[nH]1. The van der Waals surface area contributed by atoms with Gasteiger partial charge in [0.1, 0.15) is 5.82 Å². The van der Waals surface area contributed by atoms with Crippen LogP contribution in [0.2, 0.25) is 10.0 Å². The number of fused-ring (bicyclic) bond motifs is 1. The lowest BCUT2D eigenvalue weighted by molar-refractivity contribution is 0.0678. The number of hydrogen-bond acceptors (Lipinski definition) is 4. The number of rotatable bonds is 5. The van der Waals surface area contributed by atoms with E-state index in [0.717, 1.165) is 23.9 Å². The fourth-order valence-corrected chi connectivity index (χ4v) is 4.43. The zero-order valence-corrected chi connectivity index (χ0v) is 19.2. The fourth-order valence-electron chi connectivity index (χ4n) is 4.00. The Kier molecular flexibility index (Phi) is 6.69. The van der Waals surface area contributed by atoms with E-state index >= 15 is 0 Å². The molecule has 0 spiro atoms. The summed E-state index contributed by atoms with van der Waals surface area (Å²) >= 11 is 12.4. The molecule has 4 N–H and O–H groups in total. The van der Waals surface area contributed by atoms with Crippen LogP contribution in [-0.2, 0) is 0 Å². The van der Waals surface area contributed by atoms with Gasteiger partial charge in [-0.25, -0.2) is 4.98 Å². The van der Waals surface area contributed by atoms with Crippen LogP contribution in [-0.4, -0.2) is 46.3 Å². The molecule has 32 heavy (non-hydrogen) atoms. The lowest BCUT2D eigenvalue weighted by atomic mass is 9.97. The second-order valence-corrected chi connectivity index (χ2v) is 9.01. The summed E-state index contributed by atoms with van der Waals surface area (Å²) in [4.78, 5) is 35.2. The van der Waals surface area contributed by atoms with Gasteiger partial charge < -0.3 is 20.9 Å². The van der Waals surface area contributed by atoms with Crippen molar-refractivity contribution < 1.29 is 9.59 Å². The molecule has 7 nitrogen and oxygen atoms in total. The molecule has 1 aliphatic heterocycles. The number of aromatic nitrogens is 2. The molecular weight excluding hydrogens is 449 g/mol. The molecule has 9 heteroatoms. The molecule has 168 valence electrons. The first-order valence-corrected chi connectivity index (χ1v) is 11.4. The van der Waals surface area contributed by atoms with E-state index in [1.54, 1.807) is 29.2 Å². The summed E-state index contributed by atoms with van der Waals surface area (Å²) in [7, 11) is 0. The van der Waals surface area contributed by atoms with Gasteiger partial charge >= 0.3 is 0 Å². The number of benzene rings is 2. The van der Waals surface area contributed by atoms with Gasteiger partial charge in [-0.3, -0.25) is 9.59 Å². The first-order chi connectivity index (χ1) is 15.4. The standard InChI is InChI=1S/C23H25Cl2N5O2/c1-13(21-28-19-7-5-16(24)10-20(19)29-21)27-22(31)15-4-6-17(18(25)9-15)23(32)30-8-2-3-14(11-26)12-30/h4-7,9-10,13-14H,2-3,8,11-12,26H2,1H3,(H,27,31)(H,28,29). The van der Waals surface area contributed by atoms with Crippen LogP contribution in [0.5, 0.6) is 0 Å². The van der Waals surface area contributed by atoms with E-state index in [2.05, 4.69) is 15.3 Å². The van der Waals surface area contributed by atoms with Gasteiger partial charge in [-0.05, 0) is 68.6 Å². The highest BCUT2D eigenvalue weighted by molar-refractivity contribution is 6.34. The molecular formula is C23H25Cl2N5O2. The lowest BCUT2D eigenvalue weighted by Crippen LogP contribution is -2.42. The molecule has 1 fully saturated rings. The minimum absolute atomic E-state index is 0.130. The average molecular weight is 474 g/mol. The van der Waals surface area contributed by atoms with Gasteiger partial charge in [0, 0.05) is 23.7 Å². The molecule has 1 aliphatic rings. The van der Waals surface area contributed by atoms with E-state index < -0.39 is 0 Å². The molecule has 1 aromatic heterocycles. The van der Waals surface area contributed by atoms with E-state index in [-0.39, 0.29) is 22.9 Å². The number of amides is 2. The van der Waals surface area contributed by atoms with Crippen molar-refractivity contribution in [3.63, 3.8) is 0 Å². The summed E-state index contributed by atoms with van der Waals surface area (Å²) in [6.07, 6.45) is 1.96. The Balaban J connectivity index is 1.45. The third-order valence-electron chi connectivity index (χ3n) is 5.82. The normalized spacial score (nSPS) is 17.4. The van der Waals surface area contributed by atoms with Crippen LogP contribution >= 0.6 is 23.2 Å². The zero-order chi connectivity index (χ0) is 22.8. The van der Waals surface area contributed by atoms with Crippen molar-refractivity contribution in [2.75, 3.05) is 19.6 Å². The van der Waals surface area contributed by atoms with Gasteiger partial charge in [0.2, 0.25) is 0 Å². The molecule has 2 heterocycles. The molecule has 0 bridgehead atoms. The number of nitrogens with one attached hydrogen (secondary N) is 2. The number of H-pyrrole nitrogens is 1. The third-order valence-corrected chi connectivity index (χ3v) is 6.37. The quantitative estimate of drug-likeness (QED) is 0.516. The van der Waals surface area contributed by atoms with Crippen molar-refractivity contribution in [3.05, 3.63) is 63.4 Å². The topological polar surface area (TPSA) is 104 Å². The molecule has 0 aliphatic carbocycles. The van der Waals surface area contributed by atoms with Crippen molar-refractivity contribution in [2.45, 2.75) is 25.8 Å². The van der Waals surface area contributed by atoms with Crippen molar-refractivity contribution >= 4 is 46.0 Å². The van der Waals surface area contributed by atoms with Crippen molar-refractivity contribution in [2.24, 2.45) is 11.7 Å². The summed E-state index contributed by atoms with van der Waals surface area (Å²) in [6.45, 7) is 3.72. The molecule has 2 atom stereocenters. The smallest absolute Gasteiger partial charge is 0.255 e. The van der Waals surface area contributed by atoms with Crippen LogP contribution in [0.4, 0.5) is 0 Å². The Morgan fingerprint density at radius 2 is 2.09 bits per heavy atom. The summed E-state index contributed by atoms with van der Waals surface area (Å²) in [6, 6.07) is 9.76. The van der Waals surface area contributed by atoms with E-state index in [0.29, 0.717) is 47.5 Å². The van der Waals surface area contributed by atoms with Crippen LogP contribution in [0.25, 0.3) is 11.0 Å². The van der Waals surface area contributed by atoms with Gasteiger partial charge in [0.25, 0.3) is 11.8 Å². The van der Waals surface area contributed by atoms with E-state index in [1.807, 2.05) is 13.0 Å². The molecule has 1 saturated heterocycles. The number of nitrogens with two attached hydrogens (primary N) is 1. The van der Waals surface area contributed by atoms with Gasteiger partial charge in [-0.2, -0.15) is 0 Å². The minimum Gasteiger partial charge on any atom is -0.342 e. The largest absolute Gasteiger partial charge is 0.342 e. The van der Waals surface area contributed by atoms with Crippen LogP contribution in [0.3, 0.4) is 0 Å². The molecule has 0 radical (unpaired) electrons. The van der Waals surface area contributed by atoms with E-state index in [1.165, 1.54) is 6.07 Å². The monoisotopic (exact) mass is 473 g/mol. The van der Waals surface area contributed by atoms with Gasteiger partial charge in [0.15, 0.2) is 0 Å². The van der Waals surface area contributed by atoms with Crippen molar-refractivity contribution in [1.82, 2.24) is 20.2 Å². The number of hydrogen-bond donors (Lipinski definition) is 3. The predicted molar refractivity (Wildman–Crippen MR) is 126 cm³/mol. The highest BCUT2D eigenvalue weighted by Crippen LogP contribution is 2.24. The molecule has 0 saturated carbocycles. The maximum Gasteiger partial charge on any atom is 0.255 e. The lowest BCUT2D eigenvalue weighted by Gasteiger charge is -2.32. The fraction of sp³-hybridized carbons (Fsp3) is 0.348. The average Bonchev–Trinajstić information content (AvgIpc) is 3.22. The van der Waals surface area contributed by atoms with Gasteiger partial charge in [0.05, 0.1) is 27.7 Å². The number of likely N-dealkylation sites (tertiary alicyclic amines) is 1. The number of nitrogens with zero attached hydrogens (tertiary/aromatic N) is 2. The Morgan fingerprint density at radius 3 is 2.84 bits per heavy atom. The molecule has 2 aromatic carbocycles. The molecule has 2 unspecified atom stereocenters. The summed E-state index contributed by atoms with van der Waals surface area (Å²) in [5.41, 5.74) is 8.11. The number of halogens is 2. The third kappa shape index (κ3) is 4.75. The Bertz CT molecular complexity index is 1160. The molecule has 3 aromatic rings. The van der Waals surface area contributed by atoms with Crippen LogP contribution in [0.15, 0.2) is 36.4 Å². The second-order valence-electron chi connectivity index (χ2n) is 8.17. The first-order valence-electron chi connectivity index (χ1n) is 10.6. The summed E-state index contributed by atoms with van der Waals surface area (Å²) in [5.74, 6) is 0.493. The number of imidazole rings is 1. The first kappa shape index (κ1) is 22.6. The molecule has 2 amide bonds. The predicted octanol–water partition coefficient (Wildman–Crippen LogP) is 4.17. The van der Waals surface area contributed by atoms with Crippen LogP contribution in [0, 0.1) is 5.92 Å². The van der Waals surface area contributed by atoms with Gasteiger partial charge in [-0.15, -0.1) is 0 Å². The minimum atomic E-state index is -0.365.